The van der Waals surface area contributed by atoms with Gasteiger partial charge in [0.15, 0.2) is 5.96 Å². The Hall–Kier alpha value is -3.15. The quantitative estimate of drug-likeness (QED) is 0.543. The maximum Gasteiger partial charge on any atom is 0.226 e. The highest BCUT2D eigenvalue weighted by molar-refractivity contribution is 5.79. The molecule has 5 nitrogen and oxygen atoms in total. The van der Waals surface area contributed by atoms with Gasteiger partial charge in [0, 0.05) is 24.7 Å². The van der Waals surface area contributed by atoms with E-state index in [0.29, 0.717) is 30.5 Å². The van der Waals surface area contributed by atoms with Gasteiger partial charge in [-0.2, -0.15) is 0 Å². The van der Waals surface area contributed by atoms with Crippen LogP contribution in [-0.4, -0.2) is 18.0 Å². The molecule has 0 radical (unpaired) electrons. The van der Waals surface area contributed by atoms with Crippen molar-refractivity contribution in [2.45, 2.75) is 20.0 Å². The Morgan fingerprint density at radius 3 is 2.54 bits per heavy atom. The lowest BCUT2D eigenvalue weighted by atomic mass is 10.1. The molecule has 0 amide bonds. The van der Waals surface area contributed by atoms with E-state index < -0.39 is 0 Å². The highest BCUT2D eigenvalue weighted by Crippen LogP contribution is 2.19. The van der Waals surface area contributed by atoms with Crippen LogP contribution in [0.1, 0.15) is 16.8 Å². The summed E-state index contributed by atoms with van der Waals surface area (Å²) in [6.07, 6.45) is 1.62. The molecule has 1 heterocycles. The zero-order valence-corrected chi connectivity index (χ0v) is 14.8. The minimum Gasteiger partial charge on any atom is -0.444 e. The number of aromatic nitrogens is 1. The first kappa shape index (κ1) is 17.7. The van der Waals surface area contributed by atoms with E-state index in [4.69, 9.17) is 4.42 Å². The molecule has 0 bridgehead atoms. The summed E-state index contributed by atoms with van der Waals surface area (Å²) in [5, 5.41) is 6.23. The van der Waals surface area contributed by atoms with Crippen LogP contribution in [0.4, 0.5) is 4.39 Å². The van der Waals surface area contributed by atoms with Crippen LogP contribution in [0.25, 0.3) is 11.5 Å². The predicted octanol–water partition coefficient (Wildman–Crippen LogP) is 3.65. The van der Waals surface area contributed by atoms with Gasteiger partial charge in [0.1, 0.15) is 12.1 Å². The Labute approximate surface area is 152 Å². The summed E-state index contributed by atoms with van der Waals surface area (Å²) in [4.78, 5) is 8.61. The van der Waals surface area contributed by atoms with Gasteiger partial charge in [-0.25, -0.2) is 9.37 Å². The molecule has 1 aromatic heterocycles. The molecule has 26 heavy (non-hydrogen) atoms. The number of benzene rings is 2. The van der Waals surface area contributed by atoms with E-state index in [9.17, 15) is 4.39 Å². The van der Waals surface area contributed by atoms with Crippen molar-refractivity contribution in [2.24, 2.45) is 4.99 Å². The second-order valence-electron chi connectivity index (χ2n) is 5.88. The van der Waals surface area contributed by atoms with E-state index in [2.05, 4.69) is 20.6 Å². The molecule has 2 aromatic carbocycles. The van der Waals surface area contributed by atoms with Crippen LogP contribution in [0.15, 0.2) is 64.2 Å². The molecule has 0 saturated carbocycles. The molecular weight excluding hydrogens is 331 g/mol. The highest BCUT2D eigenvalue weighted by Gasteiger charge is 2.08. The number of halogens is 1. The summed E-state index contributed by atoms with van der Waals surface area (Å²) in [5.74, 6) is 0.902. The normalized spacial score (nSPS) is 11.4. The number of aliphatic imine (C=N–C) groups is 1. The maximum atomic E-state index is 13.7. The fraction of sp³-hybridized carbons (Fsp3) is 0.200. The van der Waals surface area contributed by atoms with Crippen molar-refractivity contribution in [3.63, 3.8) is 0 Å². The first-order chi connectivity index (χ1) is 12.7. The number of nitrogens with one attached hydrogen (secondary N) is 2. The average molecular weight is 352 g/mol. The first-order valence-electron chi connectivity index (χ1n) is 8.35. The van der Waals surface area contributed by atoms with Gasteiger partial charge in [0.25, 0.3) is 0 Å². The van der Waals surface area contributed by atoms with Crippen LogP contribution in [0, 0.1) is 12.7 Å². The van der Waals surface area contributed by atoms with Gasteiger partial charge >= 0.3 is 0 Å². The Morgan fingerprint density at radius 2 is 1.81 bits per heavy atom. The van der Waals surface area contributed by atoms with Crippen molar-refractivity contribution in [2.75, 3.05) is 7.05 Å². The maximum absolute atomic E-state index is 13.7. The van der Waals surface area contributed by atoms with Crippen molar-refractivity contribution >= 4 is 5.96 Å². The molecule has 6 heteroatoms. The summed E-state index contributed by atoms with van der Waals surface area (Å²) in [6, 6.07) is 14.6. The fourth-order valence-electron chi connectivity index (χ4n) is 2.43. The monoisotopic (exact) mass is 352 g/mol. The van der Waals surface area contributed by atoms with Gasteiger partial charge in [-0.15, -0.1) is 0 Å². The van der Waals surface area contributed by atoms with Gasteiger partial charge in [-0.05, 0) is 25.1 Å². The Morgan fingerprint density at radius 1 is 1.08 bits per heavy atom. The molecule has 0 aliphatic heterocycles. The summed E-state index contributed by atoms with van der Waals surface area (Å²) < 4.78 is 19.2. The average Bonchev–Trinajstić information content (AvgIpc) is 3.13. The number of rotatable bonds is 5. The molecule has 0 spiro atoms. The van der Waals surface area contributed by atoms with Crippen molar-refractivity contribution in [1.29, 1.82) is 0 Å². The molecule has 2 N–H and O–H groups in total. The lowest BCUT2D eigenvalue weighted by Crippen LogP contribution is -2.36. The zero-order chi connectivity index (χ0) is 18.4. The largest absolute Gasteiger partial charge is 0.444 e. The number of hydrogen-bond donors (Lipinski definition) is 2. The Kier molecular flexibility index (Phi) is 5.63. The summed E-state index contributed by atoms with van der Waals surface area (Å²) in [6.45, 7) is 2.83. The van der Waals surface area contributed by atoms with E-state index in [-0.39, 0.29) is 5.82 Å². The van der Waals surface area contributed by atoms with Crippen LogP contribution in [0.5, 0.6) is 0 Å². The summed E-state index contributed by atoms with van der Waals surface area (Å²) >= 11 is 0. The molecule has 0 saturated heterocycles. The second-order valence-corrected chi connectivity index (χ2v) is 5.88. The number of oxazole rings is 1. The Bertz CT molecular complexity index is 887. The Balaban J connectivity index is 1.56. The molecule has 3 aromatic rings. The smallest absolute Gasteiger partial charge is 0.226 e. The number of guanidine groups is 1. The third kappa shape index (κ3) is 4.47. The number of aryl methyl sites for hydroxylation is 1. The van der Waals surface area contributed by atoms with E-state index in [1.165, 1.54) is 11.6 Å². The van der Waals surface area contributed by atoms with Crippen molar-refractivity contribution < 1.29 is 8.81 Å². The van der Waals surface area contributed by atoms with E-state index >= 15 is 0 Å². The zero-order valence-electron chi connectivity index (χ0n) is 14.8. The van der Waals surface area contributed by atoms with Crippen LogP contribution >= 0.6 is 0 Å². The van der Waals surface area contributed by atoms with Crippen LogP contribution < -0.4 is 10.6 Å². The second kappa shape index (κ2) is 8.29. The molecule has 0 unspecified atom stereocenters. The van der Waals surface area contributed by atoms with Crippen LogP contribution in [0.3, 0.4) is 0 Å². The number of nitrogens with zero attached hydrogens (tertiary/aromatic N) is 2. The lowest BCUT2D eigenvalue weighted by Gasteiger charge is -2.11. The van der Waals surface area contributed by atoms with E-state index in [1.54, 1.807) is 31.5 Å². The van der Waals surface area contributed by atoms with Gasteiger partial charge < -0.3 is 15.1 Å². The SMILES string of the molecule is CN=C(NCc1coc(-c2ccc(C)cc2)n1)NCc1ccccc1F. The lowest BCUT2D eigenvalue weighted by molar-refractivity contribution is 0.572. The first-order valence-corrected chi connectivity index (χ1v) is 8.35. The molecule has 0 aliphatic carbocycles. The molecule has 0 aliphatic rings. The van der Waals surface area contributed by atoms with E-state index in [1.807, 2.05) is 31.2 Å². The molecule has 0 atom stereocenters. The van der Waals surface area contributed by atoms with Gasteiger partial charge in [-0.3, -0.25) is 4.99 Å². The van der Waals surface area contributed by atoms with Crippen LogP contribution in [-0.2, 0) is 13.1 Å². The van der Waals surface area contributed by atoms with Crippen molar-refractivity contribution in [1.82, 2.24) is 15.6 Å². The van der Waals surface area contributed by atoms with Crippen molar-refractivity contribution in [3.8, 4) is 11.5 Å². The van der Waals surface area contributed by atoms with Crippen LogP contribution in [0.2, 0.25) is 0 Å². The summed E-state index contributed by atoms with van der Waals surface area (Å²) in [7, 11) is 1.66. The number of hydrogen-bond acceptors (Lipinski definition) is 3. The third-order valence-electron chi connectivity index (χ3n) is 3.91. The molecular formula is C20H21FN4O. The third-order valence-corrected chi connectivity index (χ3v) is 3.91. The molecule has 3 rings (SSSR count). The topological polar surface area (TPSA) is 62.5 Å². The van der Waals surface area contributed by atoms with Gasteiger partial charge in [-0.1, -0.05) is 35.9 Å². The van der Waals surface area contributed by atoms with Gasteiger partial charge in [0.05, 0.1) is 12.2 Å². The highest BCUT2D eigenvalue weighted by atomic mass is 19.1. The van der Waals surface area contributed by atoms with Gasteiger partial charge in [0.2, 0.25) is 5.89 Å². The molecule has 0 fully saturated rings. The summed E-state index contributed by atoms with van der Waals surface area (Å²) in [5.41, 5.74) is 3.46. The molecule has 134 valence electrons. The van der Waals surface area contributed by atoms with E-state index in [0.717, 1.165) is 11.3 Å². The standard InChI is InChI=1S/C20H21FN4O/c1-14-7-9-15(10-8-14)19-25-17(13-26-19)12-24-20(22-2)23-11-16-5-3-4-6-18(16)21/h3-10,13H,11-12H2,1-2H3,(H2,22,23,24). The van der Waals surface area contributed by atoms with Crippen molar-refractivity contribution in [3.05, 3.63) is 77.4 Å². The minimum atomic E-state index is -0.241. The fourth-order valence-corrected chi connectivity index (χ4v) is 2.43. The predicted molar refractivity (Wildman–Crippen MR) is 100 cm³/mol. The minimum absolute atomic E-state index is 0.241.